The normalized spacial score (nSPS) is 11.7. The van der Waals surface area contributed by atoms with Crippen molar-refractivity contribution in [3.05, 3.63) is 53.6 Å². The molecule has 0 aliphatic rings. The molecule has 1 heterocycles. The van der Waals surface area contributed by atoms with Crippen molar-refractivity contribution in [3.63, 3.8) is 0 Å². The predicted octanol–water partition coefficient (Wildman–Crippen LogP) is 4.59. The van der Waals surface area contributed by atoms with Crippen molar-refractivity contribution in [2.45, 2.75) is 33.1 Å². The van der Waals surface area contributed by atoms with Crippen LogP contribution in [0.2, 0.25) is 0 Å². The van der Waals surface area contributed by atoms with Crippen LogP contribution in [-0.2, 0) is 5.41 Å². The molecule has 1 aromatic heterocycles. The van der Waals surface area contributed by atoms with Crippen molar-refractivity contribution in [1.82, 2.24) is 10.1 Å². The number of aromatic nitrogens is 2. The van der Waals surface area contributed by atoms with E-state index in [9.17, 15) is 0 Å². The van der Waals surface area contributed by atoms with Crippen molar-refractivity contribution >= 4 is 5.69 Å². The molecule has 0 aliphatic heterocycles. The first-order valence-corrected chi connectivity index (χ1v) is 7.66. The van der Waals surface area contributed by atoms with Gasteiger partial charge in [0, 0.05) is 16.8 Å². The van der Waals surface area contributed by atoms with E-state index in [2.05, 4.69) is 43.0 Å². The van der Waals surface area contributed by atoms with Gasteiger partial charge in [0.2, 0.25) is 5.82 Å². The van der Waals surface area contributed by atoms with Crippen molar-refractivity contribution in [3.8, 4) is 22.8 Å². The fourth-order valence-electron chi connectivity index (χ4n) is 2.45. The van der Waals surface area contributed by atoms with Gasteiger partial charge in [-0.15, -0.1) is 0 Å². The number of hydrogen-bond acceptors (Lipinski definition) is 4. The third-order valence-corrected chi connectivity index (χ3v) is 4.04. The summed E-state index contributed by atoms with van der Waals surface area (Å²) >= 11 is 0. The van der Waals surface area contributed by atoms with Crippen LogP contribution in [0.3, 0.4) is 0 Å². The van der Waals surface area contributed by atoms with Gasteiger partial charge in [0.15, 0.2) is 0 Å². The molecule has 3 aromatic rings. The van der Waals surface area contributed by atoms with Gasteiger partial charge in [-0.2, -0.15) is 4.98 Å². The van der Waals surface area contributed by atoms with Crippen LogP contribution < -0.4 is 5.73 Å². The van der Waals surface area contributed by atoms with E-state index in [0.717, 1.165) is 22.4 Å². The standard InChI is InChI=1S/C19H21N3O/c1-12-15(6-5-7-16(12)20)18-21-17(22-23-18)13-8-10-14(11-9-13)19(2,3)4/h5-11H,20H2,1-4H3. The van der Waals surface area contributed by atoms with Crippen LogP contribution >= 0.6 is 0 Å². The molecule has 2 aromatic carbocycles. The SMILES string of the molecule is Cc1c(N)cccc1-c1nc(-c2ccc(C(C)(C)C)cc2)no1. The molecule has 0 atom stereocenters. The van der Waals surface area contributed by atoms with Gasteiger partial charge in [-0.1, -0.05) is 56.3 Å². The Bertz CT molecular complexity index is 827. The van der Waals surface area contributed by atoms with Gasteiger partial charge in [0.25, 0.3) is 5.89 Å². The van der Waals surface area contributed by atoms with Crippen LogP contribution in [0.4, 0.5) is 5.69 Å². The Hall–Kier alpha value is -2.62. The Morgan fingerprint density at radius 2 is 1.70 bits per heavy atom. The lowest BCUT2D eigenvalue weighted by Gasteiger charge is -2.18. The fourth-order valence-corrected chi connectivity index (χ4v) is 2.45. The molecule has 0 aliphatic carbocycles. The van der Waals surface area contributed by atoms with Crippen LogP contribution in [0.5, 0.6) is 0 Å². The quantitative estimate of drug-likeness (QED) is 0.703. The van der Waals surface area contributed by atoms with Gasteiger partial charge < -0.3 is 10.3 Å². The first-order valence-electron chi connectivity index (χ1n) is 7.66. The van der Waals surface area contributed by atoms with Crippen molar-refractivity contribution in [2.24, 2.45) is 0 Å². The minimum Gasteiger partial charge on any atom is -0.398 e. The lowest BCUT2D eigenvalue weighted by molar-refractivity contribution is 0.432. The molecule has 0 amide bonds. The second-order valence-corrected chi connectivity index (χ2v) is 6.77. The summed E-state index contributed by atoms with van der Waals surface area (Å²) in [6.45, 7) is 8.53. The minimum atomic E-state index is 0.125. The smallest absolute Gasteiger partial charge is 0.258 e. The Balaban J connectivity index is 1.95. The maximum atomic E-state index is 5.94. The Morgan fingerprint density at radius 3 is 2.35 bits per heavy atom. The van der Waals surface area contributed by atoms with E-state index in [1.54, 1.807) is 0 Å². The van der Waals surface area contributed by atoms with Crippen LogP contribution in [0.15, 0.2) is 47.0 Å². The van der Waals surface area contributed by atoms with Crippen LogP contribution in [0.25, 0.3) is 22.8 Å². The number of benzene rings is 2. The van der Waals surface area contributed by atoms with Crippen LogP contribution in [-0.4, -0.2) is 10.1 Å². The third-order valence-electron chi connectivity index (χ3n) is 4.04. The summed E-state index contributed by atoms with van der Waals surface area (Å²) in [6.07, 6.45) is 0. The van der Waals surface area contributed by atoms with Crippen molar-refractivity contribution < 1.29 is 4.52 Å². The second kappa shape index (κ2) is 5.54. The predicted molar refractivity (Wildman–Crippen MR) is 93.0 cm³/mol. The summed E-state index contributed by atoms with van der Waals surface area (Å²) < 4.78 is 5.42. The maximum Gasteiger partial charge on any atom is 0.258 e. The zero-order valence-corrected chi connectivity index (χ0v) is 13.9. The monoisotopic (exact) mass is 307 g/mol. The number of hydrogen-bond donors (Lipinski definition) is 1. The summed E-state index contributed by atoms with van der Waals surface area (Å²) in [5.74, 6) is 1.08. The molecule has 0 spiro atoms. The average molecular weight is 307 g/mol. The van der Waals surface area contributed by atoms with Gasteiger partial charge >= 0.3 is 0 Å². The summed E-state index contributed by atoms with van der Waals surface area (Å²) in [6, 6.07) is 14.0. The molecule has 0 bridgehead atoms. The maximum absolute atomic E-state index is 5.94. The molecule has 2 N–H and O–H groups in total. The highest BCUT2D eigenvalue weighted by Gasteiger charge is 2.16. The largest absolute Gasteiger partial charge is 0.398 e. The van der Waals surface area contributed by atoms with E-state index in [1.807, 2.05) is 37.3 Å². The Labute approximate surface area is 136 Å². The summed E-state index contributed by atoms with van der Waals surface area (Å²) in [4.78, 5) is 4.51. The van der Waals surface area contributed by atoms with Crippen molar-refractivity contribution in [2.75, 3.05) is 5.73 Å². The highest BCUT2D eigenvalue weighted by atomic mass is 16.5. The minimum absolute atomic E-state index is 0.125. The Morgan fingerprint density at radius 1 is 1.00 bits per heavy atom. The first kappa shape index (κ1) is 15.3. The molecule has 23 heavy (non-hydrogen) atoms. The first-order chi connectivity index (χ1) is 10.9. The van der Waals surface area contributed by atoms with Crippen LogP contribution in [0, 0.1) is 6.92 Å². The topological polar surface area (TPSA) is 64.9 Å². The van der Waals surface area contributed by atoms with Crippen molar-refractivity contribution in [1.29, 1.82) is 0 Å². The lowest BCUT2D eigenvalue weighted by atomic mass is 9.87. The van der Waals surface area contributed by atoms with E-state index < -0.39 is 0 Å². The Kier molecular flexibility index (Phi) is 3.68. The van der Waals surface area contributed by atoms with Gasteiger partial charge in [-0.05, 0) is 35.6 Å². The zero-order valence-electron chi connectivity index (χ0n) is 13.9. The molecule has 118 valence electrons. The van der Waals surface area contributed by atoms with E-state index in [1.165, 1.54) is 5.56 Å². The molecule has 4 heteroatoms. The number of rotatable bonds is 2. The van der Waals surface area contributed by atoms with E-state index >= 15 is 0 Å². The molecular formula is C19H21N3O. The zero-order chi connectivity index (χ0) is 16.6. The summed E-state index contributed by atoms with van der Waals surface area (Å²) in [5.41, 5.74) is 10.8. The molecule has 0 saturated heterocycles. The van der Waals surface area contributed by atoms with Crippen LogP contribution in [0.1, 0.15) is 31.9 Å². The van der Waals surface area contributed by atoms with E-state index in [-0.39, 0.29) is 5.41 Å². The summed E-state index contributed by atoms with van der Waals surface area (Å²) in [5, 5.41) is 4.10. The average Bonchev–Trinajstić information content (AvgIpc) is 2.99. The fraction of sp³-hybridized carbons (Fsp3) is 0.263. The van der Waals surface area contributed by atoms with Gasteiger partial charge in [0.1, 0.15) is 0 Å². The molecule has 4 nitrogen and oxygen atoms in total. The molecular weight excluding hydrogens is 286 g/mol. The van der Waals surface area contributed by atoms with Gasteiger partial charge in [-0.25, -0.2) is 0 Å². The van der Waals surface area contributed by atoms with E-state index in [4.69, 9.17) is 10.3 Å². The summed E-state index contributed by atoms with van der Waals surface area (Å²) in [7, 11) is 0. The highest BCUT2D eigenvalue weighted by Crippen LogP contribution is 2.29. The number of anilines is 1. The molecule has 0 radical (unpaired) electrons. The number of nitrogens with zero attached hydrogens (tertiary/aromatic N) is 2. The number of nitrogen functional groups attached to an aromatic ring is 1. The van der Waals surface area contributed by atoms with E-state index in [0.29, 0.717) is 11.7 Å². The molecule has 3 rings (SSSR count). The van der Waals surface area contributed by atoms with Gasteiger partial charge in [-0.3, -0.25) is 0 Å². The molecule has 0 fully saturated rings. The van der Waals surface area contributed by atoms with Gasteiger partial charge in [0.05, 0.1) is 0 Å². The molecule has 0 unspecified atom stereocenters. The lowest BCUT2D eigenvalue weighted by Crippen LogP contribution is -2.10. The third kappa shape index (κ3) is 2.97. The number of nitrogens with two attached hydrogens (primary N) is 1. The highest BCUT2D eigenvalue weighted by molar-refractivity contribution is 5.68. The second-order valence-electron chi connectivity index (χ2n) is 6.77. The molecule has 0 saturated carbocycles.